The molecule has 428 valence electrons. The molecule has 0 aliphatic carbocycles. The van der Waals surface area contributed by atoms with Crippen LogP contribution < -0.4 is 31.2 Å². The number of aromatic nitrogens is 4. The number of para-hydroxylation sites is 2. The van der Waals surface area contributed by atoms with E-state index in [0.717, 1.165) is 51.1 Å². The van der Waals surface area contributed by atoms with Crippen LogP contribution in [0.4, 0.5) is 40.3 Å². The molecule has 2 aliphatic rings. The summed E-state index contributed by atoms with van der Waals surface area (Å²) in [6.07, 6.45) is 7.65. The molecule has 18 nitrogen and oxygen atoms in total. The zero-order chi connectivity index (χ0) is 57.6. The van der Waals surface area contributed by atoms with Gasteiger partial charge in [0.15, 0.2) is 31.3 Å². The molecular weight excluding hydrogens is 1110 g/mol. The van der Waals surface area contributed by atoms with E-state index in [-0.39, 0.29) is 36.8 Å². The molecule has 6 aromatic rings. The number of ether oxygens (including phenoxy) is 2. The maximum absolute atomic E-state index is 12.9. The number of anilines is 7. The number of nitrogens with two attached hydrogens (primary N) is 1. The quantitative estimate of drug-likeness (QED) is 0.0465. The molecule has 5 N–H and O–H groups in total. The van der Waals surface area contributed by atoms with E-state index < -0.39 is 30.2 Å². The Kier molecular flexibility index (Phi) is 22.8. The molecule has 0 atom stereocenters. The first-order chi connectivity index (χ1) is 37.5. The molecule has 8 rings (SSSR count). The van der Waals surface area contributed by atoms with Crippen molar-refractivity contribution in [3.8, 4) is 11.5 Å². The van der Waals surface area contributed by atoms with Gasteiger partial charge in [-0.25, -0.2) is 26.8 Å². The van der Waals surface area contributed by atoms with Crippen LogP contribution in [0.25, 0.3) is 0 Å². The maximum Gasteiger partial charge on any atom is 0.229 e. The zero-order valence-electron chi connectivity index (χ0n) is 46.7. The smallest absolute Gasteiger partial charge is 0.229 e. The van der Waals surface area contributed by atoms with Crippen LogP contribution in [0.3, 0.4) is 0 Å². The van der Waals surface area contributed by atoms with E-state index in [0.29, 0.717) is 40.5 Å². The van der Waals surface area contributed by atoms with Gasteiger partial charge in [0.2, 0.25) is 11.2 Å². The minimum absolute atomic E-state index is 0.0195. The molecule has 0 saturated carbocycles. The third-order valence-electron chi connectivity index (χ3n) is 13.8. The van der Waals surface area contributed by atoms with Crippen LogP contribution in [0, 0.1) is 0 Å². The fraction of sp³-hybridized carbons (Fsp3) is 0.429. The molecule has 2 aromatic heterocycles. The van der Waals surface area contributed by atoms with Gasteiger partial charge in [0.05, 0.1) is 69.7 Å². The molecule has 2 aliphatic heterocycles. The topological polar surface area (TPSA) is 213 Å². The summed E-state index contributed by atoms with van der Waals surface area (Å²) in [4.78, 5) is 26.5. The summed E-state index contributed by atoms with van der Waals surface area (Å²) in [5.74, 6) is 2.29. The van der Waals surface area contributed by atoms with Gasteiger partial charge < -0.3 is 41.0 Å². The largest absolute Gasteiger partial charge is 0.495 e. The second-order valence-electron chi connectivity index (χ2n) is 20.3. The maximum atomic E-state index is 12.9. The van der Waals surface area contributed by atoms with Crippen molar-refractivity contribution < 1.29 is 26.3 Å². The van der Waals surface area contributed by atoms with E-state index >= 15 is 0 Å². The average molecular weight is 1180 g/mol. The van der Waals surface area contributed by atoms with Crippen molar-refractivity contribution >= 4 is 94.8 Å². The molecule has 0 amide bonds. The molecule has 0 radical (unpaired) electrons. The normalized spacial score (nSPS) is 14.8. The third-order valence-corrected chi connectivity index (χ3v) is 18.9. The summed E-state index contributed by atoms with van der Waals surface area (Å²) >= 11 is 18.1. The van der Waals surface area contributed by atoms with E-state index in [1.54, 1.807) is 84.4 Å². The summed E-state index contributed by atoms with van der Waals surface area (Å²) in [6, 6.07) is 26.8. The lowest BCUT2D eigenvalue weighted by molar-refractivity contribution is 0.140. The van der Waals surface area contributed by atoms with E-state index in [4.69, 9.17) is 50.0 Å². The number of nitrogens with zero attached hydrogens (tertiary/aromatic N) is 8. The van der Waals surface area contributed by atoms with Crippen LogP contribution in [0.1, 0.15) is 64.5 Å². The van der Waals surface area contributed by atoms with Crippen LogP contribution in [-0.2, 0) is 32.8 Å². The number of hydrogen-bond acceptors (Lipinski definition) is 18. The molecular formula is C56H75Cl3N12O6S2. The predicted octanol–water partition coefficient (Wildman–Crippen LogP) is 10.8. The number of piperidine rings is 2. The SMILES string of the molecule is CC(C)S(=O)(=O)c1ccccc1Nc1nc(Cl)ncc1Cl.COc1cc(CN2CCC(N(C)C)CC2)ccc1N.COc1cc(CN2CCC(N(C)C)CC2)ccc1Nc1ncc(Cl)c(Nc2ccccc2S(=O)(=O)C(C)C)n1. The summed E-state index contributed by atoms with van der Waals surface area (Å²) in [5.41, 5.74) is 10.5. The van der Waals surface area contributed by atoms with Crippen molar-refractivity contribution in [1.82, 2.24) is 39.5 Å². The number of halogens is 3. The minimum Gasteiger partial charge on any atom is -0.495 e. The predicted molar refractivity (Wildman–Crippen MR) is 321 cm³/mol. The van der Waals surface area contributed by atoms with Crippen LogP contribution in [0.2, 0.25) is 15.3 Å². The summed E-state index contributed by atoms with van der Waals surface area (Å²) < 4.78 is 61.4. The van der Waals surface area contributed by atoms with Crippen LogP contribution in [0.15, 0.2) is 107 Å². The van der Waals surface area contributed by atoms with Crippen molar-refractivity contribution in [3.63, 3.8) is 0 Å². The minimum atomic E-state index is -3.52. The molecule has 2 saturated heterocycles. The number of nitrogens with one attached hydrogen (secondary N) is 3. The lowest BCUT2D eigenvalue weighted by Gasteiger charge is -2.35. The molecule has 4 aromatic carbocycles. The lowest BCUT2D eigenvalue weighted by Crippen LogP contribution is -2.41. The molecule has 23 heteroatoms. The van der Waals surface area contributed by atoms with Gasteiger partial charge in [0, 0.05) is 25.2 Å². The van der Waals surface area contributed by atoms with Crippen LogP contribution in [0.5, 0.6) is 11.5 Å². The molecule has 2 fully saturated rings. The van der Waals surface area contributed by atoms with Crippen molar-refractivity contribution in [1.29, 1.82) is 0 Å². The second kappa shape index (κ2) is 28.7. The first kappa shape index (κ1) is 62.6. The van der Waals surface area contributed by atoms with Crippen LogP contribution in [-0.4, -0.2) is 148 Å². The summed E-state index contributed by atoms with van der Waals surface area (Å²) in [5, 5.41) is 8.60. The van der Waals surface area contributed by atoms with Crippen molar-refractivity contribution in [2.24, 2.45) is 0 Å². The number of rotatable bonds is 18. The average Bonchev–Trinajstić information content (AvgIpc) is 3.43. The molecule has 0 spiro atoms. The first-order valence-corrected chi connectivity index (χ1v) is 30.3. The summed E-state index contributed by atoms with van der Waals surface area (Å²) in [7, 11) is 4.99. The van der Waals surface area contributed by atoms with Gasteiger partial charge in [-0.15, -0.1) is 0 Å². The van der Waals surface area contributed by atoms with E-state index in [9.17, 15) is 16.8 Å². The molecule has 79 heavy (non-hydrogen) atoms. The number of sulfone groups is 2. The van der Waals surface area contributed by atoms with Crippen molar-refractivity contribution in [3.05, 3.63) is 124 Å². The highest BCUT2D eigenvalue weighted by atomic mass is 35.5. The van der Waals surface area contributed by atoms with Gasteiger partial charge in [-0.3, -0.25) is 9.80 Å². The fourth-order valence-electron chi connectivity index (χ4n) is 8.96. The molecule has 4 heterocycles. The van der Waals surface area contributed by atoms with Gasteiger partial charge in [-0.05, 0) is 179 Å². The Labute approximate surface area is 482 Å². The highest BCUT2D eigenvalue weighted by molar-refractivity contribution is 7.92. The Morgan fingerprint density at radius 2 is 1.03 bits per heavy atom. The van der Waals surface area contributed by atoms with Gasteiger partial charge >= 0.3 is 0 Å². The second-order valence-corrected chi connectivity index (χ2v) is 26.4. The summed E-state index contributed by atoms with van der Waals surface area (Å²) in [6.45, 7) is 12.9. The standard InChI is InChI=1S/C28H37ClN6O3S.C15H25N3O.C13H13Cl2N3O2S/c1-19(2)39(36,37)26-9-7-6-8-24(26)31-27-22(29)17-30-28(33-27)32-23-11-10-20(16-25(23)38-5)18-35-14-12-21(13-15-35)34(3)4;1-17(2)13-6-8-18(9-7-13)11-12-4-5-14(16)15(10-12)19-3;1-8(2)21(19,20)11-6-4-3-5-10(11)17-12-9(14)7-16-13(15)18-12/h6-11,16-17,19,21H,12-15,18H2,1-5H3,(H2,30,31,32,33);4-5,10,13H,6-9,11,16H2,1-3H3;3-8H,1-2H3,(H,16,17,18). The highest BCUT2D eigenvalue weighted by Crippen LogP contribution is 2.34. The fourth-order valence-corrected chi connectivity index (χ4v) is 11.8. The Morgan fingerprint density at radius 3 is 1.48 bits per heavy atom. The lowest BCUT2D eigenvalue weighted by atomic mass is 10.0. The van der Waals surface area contributed by atoms with Gasteiger partial charge in [0.1, 0.15) is 21.5 Å². The number of hydrogen-bond donors (Lipinski definition) is 4. The number of likely N-dealkylation sites (tertiary alicyclic amines) is 2. The van der Waals surface area contributed by atoms with Crippen LogP contribution >= 0.6 is 34.8 Å². The number of nitrogen functional groups attached to an aromatic ring is 1. The monoisotopic (exact) mass is 1180 g/mol. The van der Waals surface area contributed by atoms with Gasteiger partial charge in [0.25, 0.3) is 0 Å². The Bertz CT molecular complexity index is 3200. The number of benzene rings is 4. The number of methoxy groups -OCH3 is 2. The Balaban J connectivity index is 0.000000212. The van der Waals surface area contributed by atoms with E-state index in [2.05, 4.69) is 95.8 Å². The van der Waals surface area contributed by atoms with Crippen molar-refractivity contribution in [2.45, 2.75) is 98.8 Å². The van der Waals surface area contributed by atoms with Gasteiger partial charge in [-0.1, -0.05) is 59.6 Å². The van der Waals surface area contributed by atoms with E-state index in [1.807, 2.05) is 24.3 Å². The van der Waals surface area contributed by atoms with E-state index in [1.165, 1.54) is 55.3 Å². The van der Waals surface area contributed by atoms with Crippen molar-refractivity contribution in [2.75, 3.05) is 90.3 Å². The molecule has 0 unspecified atom stereocenters. The Morgan fingerprint density at radius 1 is 0.595 bits per heavy atom. The third kappa shape index (κ3) is 17.2. The zero-order valence-corrected chi connectivity index (χ0v) is 50.6. The van der Waals surface area contributed by atoms with Gasteiger partial charge in [-0.2, -0.15) is 9.97 Å². The highest BCUT2D eigenvalue weighted by Gasteiger charge is 2.26. The molecule has 0 bridgehead atoms. The first-order valence-electron chi connectivity index (χ1n) is 26.0. The Hall–Kier alpha value is -5.55.